The number of hydrogen-bond donors (Lipinski definition) is 2. The lowest BCUT2D eigenvalue weighted by Gasteiger charge is -2.38. The van der Waals surface area contributed by atoms with Gasteiger partial charge in [0.15, 0.2) is 0 Å². The van der Waals surface area contributed by atoms with Crippen molar-refractivity contribution in [1.82, 2.24) is 10.2 Å². The predicted octanol–water partition coefficient (Wildman–Crippen LogP) is 2.37. The van der Waals surface area contributed by atoms with Crippen molar-refractivity contribution in [1.29, 1.82) is 0 Å². The Labute approximate surface area is 125 Å². The molecule has 1 aliphatic carbocycles. The van der Waals surface area contributed by atoms with Gasteiger partial charge in [0.2, 0.25) is 0 Å². The Morgan fingerprint density at radius 2 is 1.81 bits per heavy atom. The Bertz CT molecular complexity index is 303. The summed E-state index contributed by atoms with van der Waals surface area (Å²) in [6.45, 7) is 3.51. The van der Waals surface area contributed by atoms with Crippen LogP contribution in [0.25, 0.3) is 0 Å². The number of likely N-dealkylation sites (tertiary alicyclic amines) is 1. The van der Waals surface area contributed by atoms with Crippen LogP contribution in [0.2, 0.25) is 0 Å². The first-order valence-corrected chi connectivity index (χ1v) is 8.19. The summed E-state index contributed by atoms with van der Waals surface area (Å²) in [7, 11) is 0. The molecule has 2 aliphatic rings. The van der Waals surface area contributed by atoms with Gasteiger partial charge < -0.3 is 16.0 Å². The Kier molecular flexibility index (Phi) is 6.32. The van der Waals surface area contributed by atoms with E-state index >= 15 is 0 Å². The van der Waals surface area contributed by atoms with E-state index in [1.54, 1.807) is 0 Å². The highest BCUT2D eigenvalue weighted by molar-refractivity contribution is 4.85. The van der Waals surface area contributed by atoms with Crippen molar-refractivity contribution in [3.05, 3.63) is 0 Å². The lowest BCUT2D eigenvalue weighted by molar-refractivity contribution is -0.148. The maximum absolute atomic E-state index is 12.6. The van der Waals surface area contributed by atoms with Crippen molar-refractivity contribution in [3.8, 4) is 0 Å². The van der Waals surface area contributed by atoms with Crippen LogP contribution in [-0.4, -0.2) is 49.8 Å². The minimum Gasteiger partial charge on any atom is -0.329 e. The van der Waals surface area contributed by atoms with Crippen LogP contribution < -0.4 is 11.1 Å². The summed E-state index contributed by atoms with van der Waals surface area (Å²) < 4.78 is 37.9. The molecule has 2 rings (SSSR count). The van der Waals surface area contributed by atoms with Gasteiger partial charge in [-0.05, 0) is 37.6 Å². The summed E-state index contributed by atoms with van der Waals surface area (Å²) in [5.74, 6) is 0.419. The van der Waals surface area contributed by atoms with Gasteiger partial charge in [-0.15, -0.1) is 0 Å². The second-order valence-corrected chi connectivity index (χ2v) is 6.72. The second-order valence-electron chi connectivity index (χ2n) is 6.72. The highest BCUT2D eigenvalue weighted by Gasteiger charge is 2.36. The van der Waals surface area contributed by atoms with E-state index in [2.05, 4.69) is 10.2 Å². The molecular weight excluding hydrogens is 279 g/mol. The highest BCUT2D eigenvalue weighted by atomic mass is 19.4. The number of rotatable bonds is 6. The summed E-state index contributed by atoms with van der Waals surface area (Å²) in [6.07, 6.45) is 1.02. The first-order chi connectivity index (χ1) is 9.96. The number of nitrogens with one attached hydrogen (secondary N) is 1. The second kappa shape index (κ2) is 7.79. The highest BCUT2D eigenvalue weighted by Crippen LogP contribution is 2.30. The van der Waals surface area contributed by atoms with Gasteiger partial charge in [-0.3, -0.25) is 0 Å². The molecular formula is C15H28F3N3. The molecule has 2 atom stereocenters. The maximum Gasteiger partial charge on any atom is 0.389 e. The first-order valence-electron chi connectivity index (χ1n) is 8.19. The number of alkyl halides is 3. The number of piperidine rings is 1. The molecule has 0 bridgehead atoms. The number of nitrogens with zero attached hydrogens (tertiary/aromatic N) is 1. The summed E-state index contributed by atoms with van der Waals surface area (Å²) >= 11 is 0. The van der Waals surface area contributed by atoms with Gasteiger partial charge in [0.1, 0.15) is 0 Å². The van der Waals surface area contributed by atoms with Crippen molar-refractivity contribution < 1.29 is 13.2 Å². The normalized spacial score (nSPS) is 29.1. The van der Waals surface area contributed by atoms with Crippen molar-refractivity contribution >= 4 is 0 Å². The molecule has 1 aliphatic heterocycles. The summed E-state index contributed by atoms with van der Waals surface area (Å²) in [5.41, 5.74) is 5.57. The van der Waals surface area contributed by atoms with E-state index in [0.717, 1.165) is 19.0 Å². The van der Waals surface area contributed by atoms with Gasteiger partial charge in [0.05, 0.1) is 0 Å². The number of hydrogen-bond acceptors (Lipinski definition) is 3. The summed E-state index contributed by atoms with van der Waals surface area (Å²) in [6, 6.07) is 0.179. The third kappa shape index (κ3) is 6.12. The van der Waals surface area contributed by atoms with E-state index in [1.807, 2.05) is 0 Å². The summed E-state index contributed by atoms with van der Waals surface area (Å²) in [4.78, 5) is 2.09. The lowest BCUT2D eigenvalue weighted by atomic mass is 9.91. The van der Waals surface area contributed by atoms with Crippen LogP contribution in [0.15, 0.2) is 0 Å². The van der Waals surface area contributed by atoms with Crippen molar-refractivity contribution in [2.75, 3.05) is 32.7 Å². The van der Waals surface area contributed by atoms with Crippen LogP contribution >= 0.6 is 0 Å². The predicted molar refractivity (Wildman–Crippen MR) is 78.0 cm³/mol. The first kappa shape index (κ1) is 17.0. The largest absolute Gasteiger partial charge is 0.389 e. The Morgan fingerprint density at radius 1 is 1.10 bits per heavy atom. The molecule has 0 aromatic heterocycles. The average Bonchev–Trinajstić information content (AvgIpc) is 2.87. The molecule has 21 heavy (non-hydrogen) atoms. The fourth-order valence-electron chi connectivity index (χ4n) is 3.84. The minimum atomic E-state index is -4.06. The molecule has 0 aromatic carbocycles. The van der Waals surface area contributed by atoms with Gasteiger partial charge in [0.25, 0.3) is 0 Å². The monoisotopic (exact) mass is 307 g/mol. The SMILES string of the molecule is NCCN1CC(CC(F)(F)F)CC(NCC2CCCC2)C1. The minimum absolute atomic E-state index is 0.179. The van der Waals surface area contributed by atoms with Crippen molar-refractivity contribution in [2.24, 2.45) is 17.6 Å². The Balaban J connectivity index is 1.83. The summed E-state index contributed by atoms with van der Waals surface area (Å²) in [5, 5.41) is 3.52. The fourth-order valence-corrected chi connectivity index (χ4v) is 3.84. The number of halogens is 3. The van der Waals surface area contributed by atoms with E-state index in [0.29, 0.717) is 26.1 Å². The van der Waals surface area contributed by atoms with E-state index in [-0.39, 0.29) is 12.0 Å². The molecule has 1 heterocycles. The van der Waals surface area contributed by atoms with Crippen LogP contribution in [-0.2, 0) is 0 Å². The van der Waals surface area contributed by atoms with E-state index in [9.17, 15) is 13.2 Å². The zero-order chi connectivity index (χ0) is 15.3. The maximum atomic E-state index is 12.6. The quantitative estimate of drug-likeness (QED) is 0.791. The zero-order valence-electron chi connectivity index (χ0n) is 12.7. The van der Waals surface area contributed by atoms with Crippen molar-refractivity contribution in [3.63, 3.8) is 0 Å². The van der Waals surface area contributed by atoms with Gasteiger partial charge in [-0.25, -0.2) is 0 Å². The van der Waals surface area contributed by atoms with Gasteiger partial charge in [-0.2, -0.15) is 13.2 Å². The molecule has 0 aromatic rings. The van der Waals surface area contributed by atoms with E-state index in [4.69, 9.17) is 5.73 Å². The average molecular weight is 307 g/mol. The molecule has 6 heteroatoms. The van der Waals surface area contributed by atoms with Crippen LogP contribution in [0.5, 0.6) is 0 Å². The molecule has 0 spiro atoms. The molecule has 0 radical (unpaired) electrons. The van der Waals surface area contributed by atoms with Crippen LogP contribution in [0, 0.1) is 11.8 Å². The van der Waals surface area contributed by atoms with Gasteiger partial charge in [0, 0.05) is 38.6 Å². The molecule has 124 valence electrons. The fraction of sp³-hybridized carbons (Fsp3) is 1.00. The topological polar surface area (TPSA) is 41.3 Å². The smallest absolute Gasteiger partial charge is 0.329 e. The molecule has 3 N–H and O–H groups in total. The van der Waals surface area contributed by atoms with Crippen LogP contribution in [0.3, 0.4) is 0 Å². The Morgan fingerprint density at radius 3 is 2.43 bits per heavy atom. The molecule has 2 fully saturated rings. The van der Waals surface area contributed by atoms with Gasteiger partial charge >= 0.3 is 6.18 Å². The van der Waals surface area contributed by atoms with Crippen LogP contribution in [0.1, 0.15) is 38.5 Å². The van der Waals surface area contributed by atoms with E-state index < -0.39 is 12.6 Å². The van der Waals surface area contributed by atoms with Gasteiger partial charge in [-0.1, -0.05) is 12.8 Å². The third-order valence-electron chi connectivity index (χ3n) is 4.75. The lowest BCUT2D eigenvalue weighted by Crippen LogP contribution is -2.51. The zero-order valence-corrected chi connectivity index (χ0v) is 12.7. The van der Waals surface area contributed by atoms with E-state index in [1.165, 1.54) is 25.7 Å². The molecule has 1 saturated heterocycles. The number of nitrogens with two attached hydrogens (primary N) is 1. The molecule has 2 unspecified atom stereocenters. The van der Waals surface area contributed by atoms with Crippen LogP contribution in [0.4, 0.5) is 13.2 Å². The molecule has 1 saturated carbocycles. The molecule has 0 amide bonds. The standard InChI is InChI=1S/C15H28F3N3/c16-15(17,18)8-13-7-14(11-21(10-13)6-5-19)20-9-12-3-1-2-4-12/h12-14,20H,1-11,19H2. The van der Waals surface area contributed by atoms with Crippen molar-refractivity contribution in [2.45, 2.75) is 50.7 Å². The molecule has 3 nitrogen and oxygen atoms in total. The Hall–Kier alpha value is -0.330. The third-order valence-corrected chi connectivity index (χ3v) is 4.75.